The first-order valence-electron chi connectivity index (χ1n) is 6.95. The lowest BCUT2D eigenvalue weighted by Crippen LogP contribution is -2.13. The summed E-state index contributed by atoms with van der Waals surface area (Å²) in [4.78, 5) is 1.46. The fourth-order valence-corrected chi connectivity index (χ4v) is 4.33. The van der Waals surface area contributed by atoms with E-state index in [9.17, 15) is 0 Å². The molecule has 0 radical (unpaired) electrons. The summed E-state index contributed by atoms with van der Waals surface area (Å²) in [6, 6.07) is 6.68. The molecule has 3 heteroatoms. The number of hydrogen-bond acceptors (Lipinski definition) is 2. The van der Waals surface area contributed by atoms with E-state index in [0.29, 0.717) is 0 Å². The molecule has 1 aliphatic carbocycles. The maximum absolute atomic E-state index is 3.60. The van der Waals surface area contributed by atoms with Gasteiger partial charge in [0.2, 0.25) is 0 Å². The van der Waals surface area contributed by atoms with Crippen LogP contribution in [0.3, 0.4) is 0 Å². The second-order valence-corrected chi connectivity index (χ2v) is 7.17. The molecule has 0 aliphatic heterocycles. The van der Waals surface area contributed by atoms with E-state index >= 15 is 0 Å². The first-order chi connectivity index (χ1) is 8.79. The van der Waals surface area contributed by atoms with E-state index in [0.717, 1.165) is 18.3 Å². The maximum atomic E-state index is 3.60. The summed E-state index contributed by atoms with van der Waals surface area (Å²) in [5.41, 5.74) is 1.44. The van der Waals surface area contributed by atoms with Crippen molar-refractivity contribution in [3.63, 3.8) is 0 Å². The molecule has 0 aromatic heterocycles. The SMILES string of the molecule is CCNCc1ccc(Br)cc1SC1CCCCC1. The van der Waals surface area contributed by atoms with Gasteiger partial charge >= 0.3 is 0 Å². The lowest BCUT2D eigenvalue weighted by molar-refractivity contribution is 0.516. The highest BCUT2D eigenvalue weighted by Gasteiger charge is 2.16. The molecule has 1 fully saturated rings. The number of thioether (sulfide) groups is 1. The quantitative estimate of drug-likeness (QED) is 0.818. The Bertz CT molecular complexity index is 375. The van der Waals surface area contributed by atoms with Crippen molar-refractivity contribution in [1.82, 2.24) is 5.32 Å². The van der Waals surface area contributed by atoms with Crippen LogP contribution in [0.25, 0.3) is 0 Å². The fourth-order valence-electron chi connectivity index (χ4n) is 2.41. The molecule has 1 aromatic carbocycles. The second-order valence-electron chi connectivity index (χ2n) is 4.91. The standard InChI is InChI=1S/C15H22BrNS/c1-2-17-11-12-8-9-13(16)10-15(12)18-14-6-4-3-5-7-14/h8-10,14,17H,2-7,11H2,1H3. The van der Waals surface area contributed by atoms with Crippen molar-refractivity contribution >= 4 is 27.7 Å². The van der Waals surface area contributed by atoms with Gasteiger partial charge in [-0.1, -0.05) is 48.2 Å². The number of rotatable bonds is 5. The smallest absolute Gasteiger partial charge is 0.0216 e. The molecular weight excluding hydrogens is 306 g/mol. The molecule has 1 aromatic rings. The van der Waals surface area contributed by atoms with Gasteiger partial charge in [0.25, 0.3) is 0 Å². The molecule has 1 N–H and O–H groups in total. The predicted molar refractivity (Wildman–Crippen MR) is 84.3 cm³/mol. The minimum Gasteiger partial charge on any atom is -0.313 e. The van der Waals surface area contributed by atoms with Crippen LogP contribution in [0.2, 0.25) is 0 Å². The van der Waals surface area contributed by atoms with Crippen LogP contribution in [0, 0.1) is 0 Å². The Kier molecular flexibility index (Phi) is 6.06. The minimum atomic E-state index is 0.827. The van der Waals surface area contributed by atoms with Crippen LogP contribution in [0.1, 0.15) is 44.6 Å². The van der Waals surface area contributed by atoms with Crippen molar-refractivity contribution in [1.29, 1.82) is 0 Å². The first kappa shape index (κ1) is 14.4. The van der Waals surface area contributed by atoms with E-state index in [1.165, 1.54) is 47.0 Å². The number of nitrogens with one attached hydrogen (secondary N) is 1. The summed E-state index contributed by atoms with van der Waals surface area (Å²) in [5, 5.41) is 4.26. The minimum absolute atomic E-state index is 0.827. The summed E-state index contributed by atoms with van der Waals surface area (Å²) in [6.07, 6.45) is 7.03. The maximum Gasteiger partial charge on any atom is 0.0216 e. The summed E-state index contributed by atoms with van der Waals surface area (Å²) in [7, 11) is 0. The van der Waals surface area contributed by atoms with Crippen LogP contribution in [0.4, 0.5) is 0 Å². The van der Waals surface area contributed by atoms with Crippen molar-refractivity contribution in [2.24, 2.45) is 0 Å². The molecule has 0 unspecified atom stereocenters. The number of benzene rings is 1. The van der Waals surface area contributed by atoms with Crippen LogP contribution in [0.5, 0.6) is 0 Å². The molecule has 1 aliphatic rings. The van der Waals surface area contributed by atoms with Gasteiger partial charge in [-0.15, -0.1) is 11.8 Å². The van der Waals surface area contributed by atoms with Gasteiger partial charge in [0, 0.05) is 21.2 Å². The molecule has 0 saturated heterocycles. The Morgan fingerprint density at radius 3 is 2.78 bits per heavy atom. The Morgan fingerprint density at radius 2 is 2.06 bits per heavy atom. The molecule has 18 heavy (non-hydrogen) atoms. The van der Waals surface area contributed by atoms with Crippen LogP contribution in [-0.2, 0) is 6.54 Å². The van der Waals surface area contributed by atoms with Crippen molar-refractivity contribution in [2.75, 3.05) is 6.54 Å². The summed E-state index contributed by atoms with van der Waals surface area (Å²) in [5.74, 6) is 0. The largest absolute Gasteiger partial charge is 0.313 e. The van der Waals surface area contributed by atoms with Gasteiger partial charge in [-0.2, -0.15) is 0 Å². The molecule has 0 atom stereocenters. The molecule has 100 valence electrons. The molecule has 1 saturated carbocycles. The van der Waals surface area contributed by atoms with Crippen LogP contribution in [0.15, 0.2) is 27.6 Å². The molecule has 2 rings (SSSR count). The highest BCUT2D eigenvalue weighted by Crippen LogP contribution is 2.36. The van der Waals surface area contributed by atoms with Crippen molar-refractivity contribution < 1.29 is 0 Å². The van der Waals surface area contributed by atoms with Crippen molar-refractivity contribution in [2.45, 2.75) is 55.7 Å². The molecule has 1 nitrogen and oxygen atoms in total. The topological polar surface area (TPSA) is 12.0 Å². The second kappa shape index (κ2) is 7.56. The average Bonchev–Trinajstić information content (AvgIpc) is 2.39. The Labute approximate surface area is 123 Å². The summed E-state index contributed by atoms with van der Waals surface area (Å²) < 4.78 is 1.20. The van der Waals surface area contributed by atoms with E-state index in [2.05, 4.69) is 58.1 Å². The third-order valence-corrected chi connectivity index (χ3v) is 5.37. The Hall–Kier alpha value is 0.01000. The third kappa shape index (κ3) is 4.29. The molecule has 0 spiro atoms. The fraction of sp³-hybridized carbons (Fsp3) is 0.600. The molecule has 0 amide bonds. The highest BCUT2D eigenvalue weighted by atomic mass is 79.9. The lowest BCUT2D eigenvalue weighted by Gasteiger charge is -2.22. The van der Waals surface area contributed by atoms with Gasteiger partial charge in [-0.3, -0.25) is 0 Å². The zero-order valence-corrected chi connectivity index (χ0v) is 13.4. The van der Waals surface area contributed by atoms with E-state index in [-0.39, 0.29) is 0 Å². The zero-order valence-electron chi connectivity index (χ0n) is 11.0. The monoisotopic (exact) mass is 327 g/mol. The molecule has 0 heterocycles. The number of halogens is 1. The predicted octanol–water partition coefficient (Wildman–Crippen LogP) is 4.98. The van der Waals surface area contributed by atoms with Gasteiger partial charge in [0.15, 0.2) is 0 Å². The van der Waals surface area contributed by atoms with E-state index in [1.807, 2.05) is 0 Å². The average molecular weight is 328 g/mol. The van der Waals surface area contributed by atoms with Crippen LogP contribution >= 0.6 is 27.7 Å². The summed E-state index contributed by atoms with van der Waals surface area (Å²) in [6.45, 7) is 4.18. The van der Waals surface area contributed by atoms with Crippen molar-refractivity contribution in [3.8, 4) is 0 Å². The van der Waals surface area contributed by atoms with Gasteiger partial charge in [0.1, 0.15) is 0 Å². The zero-order chi connectivity index (χ0) is 12.8. The third-order valence-electron chi connectivity index (χ3n) is 3.44. The Morgan fingerprint density at radius 1 is 1.28 bits per heavy atom. The highest BCUT2D eigenvalue weighted by molar-refractivity contribution is 9.10. The first-order valence-corrected chi connectivity index (χ1v) is 8.62. The summed E-state index contributed by atoms with van der Waals surface area (Å²) >= 11 is 5.68. The van der Waals surface area contributed by atoms with Crippen LogP contribution < -0.4 is 5.32 Å². The van der Waals surface area contributed by atoms with Gasteiger partial charge in [0.05, 0.1) is 0 Å². The molecule has 0 bridgehead atoms. The van der Waals surface area contributed by atoms with Gasteiger partial charge in [-0.25, -0.2) is 0 Å². The lowest BCUT2D eigenvalue weighted by atomic mass is 10.0. The van der Waals surface area contributed by atoms with Gasteiger partial charge < -0.3 is 5.32 Å². The molecular formula is C15H22BrNS. The number of hydrogen-bond donors (Lipinski definition) is 1. The van der Waals surface area contributed by atoms with Gasteiger partial charge in [-0.05, 0) is 37.1 Å². The van der Waals surface area contributed by atoms with E-state index < -0.39 is 0 Å². The van der Waals surface area contributed by atoms with E-state index in [4.69, 9.17) is 0 Å². The Balaban J connectivity index is 2.05. The van der Waals surface area contributed by atoms with E-state index in [1.54, 1.807) is 0 Å². The van der Waals surface area contributed by atoms with Crippen LogP contribution in [-0.4, -0.2) is 11.8 Å². The normalized spacial score (nSPS) is 17.0. The van der Waals surface area contributed by atoms with Crippen molar-refractivity contribution in [3.05, 3.63) is 28.2 Å².